The number of nitrogens with two attached hydrogens (primary N) is 1. The maximum absolute atomic E-state index is 11.4. The van der Waals surface area contributed by atoms with Gasteiger partial charge in [0.05, 0.1) is 18.8 Å². The minimum Gasteiger partial charge on any atom is -0.465 e. The summed E-state index contributed by atoms with van der Waals surface area (Å²) in [5.41, 5.74) is 6.89. The molecule has 1 aliphatic heterocycles. The van der Waals surface area contributed by atoms with Gasteiger partial charge < -0.3 is 21.1 Å². The van der Waals surface area contributed by atoms with E-state index in [1.807, 2.05) is 0 Å². The summed E-state index contributed by atoms with van der Waals surface area (Å²) in [6.07, 6.45) is 0. The maximum Gasteiger partial charge on any atom is 0.341 e. The molecule has 0 bridgehead atoms. The van der Waals surface area contributed by atoms with Gasteiger partial charge in [-0.15, -0.1) is 0 Å². The number of nitrogen functional groups attached to an aromatic ring is 1. The first-order chi connectivity index (χ1) is 8.22. The van der Waals surface area contributed by atoms with E-state index in [1.165, 1.54) is 7.11 Å². The molecule has 6 heteroatoms. The monoisotopic (exact) mass is 236 g/mol. The maximum atomic E-state index is 11.4. The van der Waals surface area contributed by atoms with Crippen LogP contribution >= 0.6 is 0 Å². The summed E-state index contributed by atoms with van der Waals surface area (Å²) in [6, 6.07) is 3.59. The lowest BCUT2D eigenvalue weighted by Gasteiger charge is -2.24. The molecule has 0 aromatic carbocycles. The molecular weight excluding hydrogens is 220 g/mol. The molecule has 2 heterocycles. The third kappa shape index (κ3) is 2.54. The number of anilines is 1. The molecule has 1 aliphatic rings. The number of aromatic nitrogens is 1. The van der Waals surface area contributed by atoms with E-state index in [-0.39, 0.29) is 11.9 Å². The lowest BCUT2D eigenvalue weighted by molar-refractivity contribution is 0.0601. The van der Waals surface area contributed by atoms with Gasteiger partial charge >= 0.3 is 5.97 Å². The van der Waals surface area contributed by atoms with Crippen LogP contribution in [0.1, 0.15) is 22.1 Å². The number of ether oxygens (including phenoxy) is 1. The van der Waals surface area contributed by atoms with E-state index in [0.29, 0.717) is 5.56 Å². The van der Waals surface area contributed by atoms with Crippen molar-refractivity contribution in [3.8, 4) is 0 Å². The Hall–Kier alpha value is -1.66. The molecule has 2 rings (SSSR count). The van der Waals surface area contributed by atoms with E-state index in [1.54, 1.807) is 12.1 Å². The molecule has 1 atom stereocenters. The number of hydrogen-bond acceptors (Lipinski definition) is 6. The number of carbonyl (C=O) groups excluding carboxylic acids is 1. The van der Waals surface area contributed by atoms with Gasteiger partial charge in [0.1, 0.15) is 11.4 Å². The molecule has 1 aromatic heterocycles. The van der Waals surface area contributed by atoms with Crippen LogP contribution in [0.4, 0.5) is 5.82 Å². The van der Waals surface area contributed by atoms with E-state index >= 15 is 0 Å². The highest BCUT2D eigenvalue weighted by Gasteiger charge is 2.18. The van der Waals surface area contributed by atoms with Crippen molar-refractivity contribution < 1.29 is 9.53 Å². The number of nitrogens with one attached hydrogen (secondary N) is 2. The van der Waals surface area contributed by atoms with Gasteiger partial charge in [0.2, 0.25) is 0 Å². The number of esters is 1. The lowest BCUT2D eigenvalue weighted by Crippen LogP contribution is -2.43. The third-order valence-corrected chi connectivity index (χ3v) is 2.75. The number of methoxy groups -OCH3 is 1. The van der Waals surface area contributed by atoms with Crippen LogP contribution in [0, 0.1) is 0 Å². The summed E-state index contributed by atoms with van der Waals surface area (Å²) in [4.78, 5) is 15.6. The second kappa shape index (κ2) is 5.11. The van der Waals surface area contributed by atoms with Gasteiger partial charge in [0.15, 0.2) is 0 Å². The molecule has 92 valence electrons. The zero-order chi connectivity index (χ0) is 12.3. The second-order valence-electron chi connectivity index (χ2n) is 3.87. The summed E-state index contributed by atoms with van der Waals surface area (Å²) >= 11 is 0. The quantitative estimate of drug-likeness (QED) is 0.610. The van der Waals surface area contributed by atoms with Gasteiger partial charge in [0.25, 0.3) is 0 Å². The van der Waals surface area contributed by atoms with Crippen LogP contribution in [0.15, 0.2) is 12.1 Å². The number of piperazine rings is 1. The van der Waals surface area contributed by atoms with Crippen LogP contribution in [0.25, 0.3) is 0 Å². The Morgan fingerprint density at radius 2 is 2.35 bits per heavy atom. The Morgan fingerprint density at radius 3 is 2.94 bits per heavy atom. The minimum atomic E-state index is -0.462. The van der Waals surface area contributed by atoms with Crippen molar-refractivity contribution in [3.63, 3.8) is 0 Å². The van der Waals surface area contributed by atoms with Gasteiger partial charge in [0, 0.05) is 19.6 Å². The first-order valence-electron chi connectivity index (χ1n) is 5.51. The molecule has 6 nitrogen and oxygen atoms in total. The molecule has 1 fully saturated rings. The molecule has 0 saturated carbocycles. The summed E-state index contributed by atoms with van der Waals surface area (Å²) in [6.45, 7) is 2.65. The molecule has 0 amide bonds. The van der Waals surface area contributed by atoms with Crippen molar-refractivity contribution in [3.05, 3.63) is 23.4 Å². The van der Waals surface area contributed by atoms with E-state index in [4.69, 9.17) is 5.73 Å². The number of carbonyl (C=O) groups is 1. The Bertz CT molecular complexity index is 416. The second-order valence-corrected chi connectivity index (χ2v) is 3.87. The Morgan fingerprint density at radius 1 is 1.53 bits per heavy atom. The molecular formula is C11H16N4O2. The topological polar surface area (TPSA) is 89.3 Å². The highest BCUT2D eigenvalue weighted by Crippen LogP contribution is 2.16. The first kappa shape index (κ1) is 11.8. The van der Waals surface area contributed by atoms with Gasteiger partial charge in [-0.25, -0.2) is 9.78 Å². The predicted molar refractivity (Wildman–Crippen MR) is 63.6 cm³/mol. The Balaban J connectivity index is 2.20. The third-order valence-electron chi connectivity index (χ3n) is 2.75. The molecule has 0 spiro atoms. The highest BCUT2D eigenvalue weighted by atomic mass is 16.5. The van der Waals surface area contributed by atoms with Gasteiger partial charge in [-0.3, -0.25) is 0 Å². The van der Waals surface area contributed by atoms with Crippen molar-refractivity contribution >= 4 is 11.8 Å². The van der Waals surface area contributed by atoms with E-state index in [9.17, 15) is 4.79 Å². The normalized spacial score (nSPS) is 19.9. The average Bonchev–Trinajstić information content (AvgIpc) is 2.39. The van der Waals surface area contributed by atoms with Crippen LogP contribution in [0.5, 0.6) is 0 Å². The summed E-state index contributed by atoms with van der Waals surface area (Å²) < 4.78 is 4.62. The number of pyridine rings is 1. The highest BCUT2D eigenvalue weighted by molar-refractivity contribution is 5.93. The van der Waals surface area contributed by atoms with Gasteiger partial charge in [-0.1, -0.05) is 0 Å². The average molecular weight is 236 g/mol. The number of rotatable bonds is 2. The molecule has 17 heavy (non-hydrogen) atoms. The van der Waals surface area contributed by atoms with Gasteiger partial charge in [-0.2, -0.15) is 0 Å². The van der Waals surface area contributed by atoms with Crippen LogP contribution in [-0.4, -0.2) is 37.7 Å². The molecule has 1 saturated heterocycles. The van der Waals surface area contributed by atoms with Crippen LogP contribution < -0.4 is 16.4 Å². The zero-order valence-electron chi connectivity index (χ0n) is 9.69. The first-order valence-corrected chi connectivity index (χ1v) is 5.51. The molecule has 0 aliphatic carbocycles. The largest absolute Gasteiger partial charge is 0.465 e. The Kier molecular flexibility index (Phi) is 3.55. The van der Waals surface area contributed by atoms with Crippen LogP contribution in [0.2, 0.25) is 0 Å². The molecule has 1 aromatic rings. The van der Waals surface area contributed by atoms with Crippen LogP contribution in [0.3, 0.4) is 0 Å². The van der Waals surface area contributed by atoms with Gasteiger partial charge in [-0.05, 0) is 12.1 Å². The fourth-order valence-electron chi connectivity index (χ4n) is 1.83. The summed E-state index contributed by atoms with van der Waals surface area (Å²) in [5.74, 6) is -0.252. The number of hydrogen-bond donors (Lipinski definition) is 3. The fraction of sp³-hybridized carbons (Fsp3) is 0.455. The zero-order valence-corrected chi connectivity index (χ0v) is 9.69. The smallest absolute Gasteiger partial charge is 0.341 e. The number of nitrogens with zero attached hydrogens (tertiary/aromatic N) is 1. The predicted octanol–water partition coefficient (Wildman–Crippen LogP) is -0.316. The van der Waals surface area contributed by atoms with Crippen molar-refractivity contribution in [2.75, 3.05) is 32.5 Å². The Labute approximate surface area is 99.5 Å². The van der Waals surface area contributed by atoms with Crippen LogP contribution in [-0.2, 0) is 4.74 Å². The van der Waals surface area contributed by atoms with Crippen molar-refractivity contribution in [1.82, 2.24) is 15.6 Å². The molecule has 0 radical (unpaired) electrons. The van der Waals surface area contributed by atoms with Crippen molar-refractivity contribution in [2.24, 2.45) is 0 Å². The molecule has 4 N–H and O–H groups in total. The summed E-state index contributed by atoms with van der Waals surface area (Å²) in [5, 5.41) is 6.59. The van der Waals surface area contributed by atoms with Crippen molar-refractivity contribution in [1.29, 1.82) is 0 Å². The lowest BCUT2D eigenvalue weighted by atomic mass is 10.1. The van der Waals surface area contributed by atoms with E-state index in [2.05, 4.69) is 20.4 Å². The SMILES string of the molecule is COC(=O)c1ccc(C2CNCCN2)nc1N. The standard InChI is InChI=1S/C11H16N4O2/c1-17-11(16)7-2-3-8(15-10(7)12)9-6-13-4-5-14-9/h2-3,9,13-14H,4-6H2,1H3,(H2,12,15). The van der Waals surface area contributed by atoms with E-state index < -0.39 is 5.97 Å². The van der Waals surface area contributed by atoms with E-state index in [0.717, 1.165) is 25.3 Å². The molecule has 1 unspecified atom stereocenters. The fourth-order valence-corrected chi connectivity index (χ4v) is 1.83. The minimum absolute atomic E-state index is 0.137. The summed E-state index contributed by atoms with van der Waals surface area (Å²) in [7, 11) is 1.32. The van der Waals surface area contributed by atoms with Crippen molar-refractivity contribution in [2.45, 2.75) is 6.04 Å².